The molecule has 23 heavy (non-hydrogen) atoms. The zero-order chi connectivity index (χ0) is 15.3. The molecule has 3 aliphatic rings. The number of hydrogen-bond donors (Lipinski definition) is 1. The summed E-state index contributed by atoms with van der Waals surface area (Å²) in [6.07, 6.45) is 2.47. The van der Waals surface area contributed by atoms with E-state index in [0.717, 1.165) is 51.9 Å². The quantitative estimate of drug-likeness (QED) is 0.398. The second kappa shape index (κ2) is 9.68. The molecule has 0 amide bonds. The summed E-state index contributed by atoms with van der Waals surface area (Å²) in [6.45, 7) is 11.7. The summed E-state index contributed by atoms with van der Waals surface area (Å²) in [5.41, 5.74) is 0.403. The fraction of sp³-hybridized carbons (Fsp3) is 0.938. The summed E-state index contributed by atoms with van der Waals surface area (Å²) in [4.78, 5) is 9.88. The molecule has 0 aromatic carbocycles. The van der Waals surface area contributed by atoms with Crippen LogP contribution < -0.4 is 5.32 Å². The maximum absolute atomic E-state index is 5.64. The van der Waals surface area contributed by atoms with Crippen LogP contribution in [0.15, 0.2) is 4.99 Å². The van der Waals surface area contributed by atoms with Crippen molar-refractivity contribution in [3.63, 3.8) is 0 Å². The topological polar surface area (TPSA) is 40.1 Å². The zero-order valence-electron chi connectivity index (χ0n) is 14.3. The molecule has 3 rings (SSSR count). The van der Waals surface area contributed by atoms with E-state index in [1.165, 1.54) is 37.4 Å². The van der Waals surface area contributed by atoms with Gasteiger partial charge in [0.25, 0.3) is 0 Å². The Morgan fingerprint density at radius 3 is 2.78 bits per heavy atom. The van der Waals surface area contributed by atoms with Crippen LogP contribution in [0.3, 0.4) is 0 Å². The van der Waals surface area contributed by atoms with Gasteiger partial charge in [0.1, 0.15) is 0 Å². The van der Waals surface area contributed by atoms with E-state index in [4.69, 9.17) is 9.73 Å². The second-order valence-corrected chi connectivity index (χ2v) is 7.89. The molecule has 3 fully saturated rings. The third kappa shape index (κ3) is 5.37. The van der Waals surface area contributed by atoms with Crippen molar-refractivity contribution in [2.24, 2.45) is 10.4 Å². The number of ether oxygens (including phenoxy) is 1. The number of thioether (sulfide) groups is 1. The molecule has 5 nitrogen and oxygen atoms in total. The van der Waals surface area contributed by atoms with Crippen LogP contribution in [-0.4, -0.2) is 86.3 Å². The molecule has 1 spiro atoms. The summed E-state index contributed by atoms with van der Waals surface area (Å²) in [5.74, 6) is 3.66. The normalized spacial score (nSPS) is 29.1. The van der Waals surface area contributed by atoms with E-state index in [0.29, 0.717) is 5.41 Å². The summed E-state index contributed by atoms with van der Waals surface area (Å²) in [7, 11) is 0. The first kappa shape index (κ1) is 19.6. The first-order chi connectivity index (χ1) is 10.8. The highest BCUT2D eigenvalue weighted by molar-refractivity contribution is 14.0. The largest absolute Gasteiger partial charge is 0.381 e. The van der Waals surface area contributed by atoms with E-state index in [1.807, 2.05) is 0 Å². The van der Waals surface area contributed by atoms with Gasteiger partial charge in [-0.3, -0.25) is 9.89 Å². The third-order valence-corrected chi connectivity index (χ3v) is 5.98. The van der Waals surface area contributed by atoms with E-state index in [2.05, 4.69) is 33.8 Å². The molecule has 3 heterocycles. The lowest BCUT2D eigenvalue weighted by Crippen LogP contribution is -2.42. The number of rotatable bonds is 4. The fourth-order valence-electron chi connectivity index (χ4n) is 3.64. The first-order valence-electron chi connectivity index (χ1n) is 8.72. The minimum absolute atomic E-state index is 0. The zero-order valence-corrected chi connectivity index (χ0v) is 17.4. The Hall–Kier alpha value is 0.270. The number of aliphatic imine (C=N–C) groups is 1. The lowest BCUT2D eigenvalue weighted by Gasteiger charge is -2.27. The van der Waals surface area contributed by atoms with Crippen LogP contribution in [0.5, 0.6) is 0 Å². The number of likely N-dealkylation sites (tertiary alicyclic amines) is 1. The number of nitrogens with zero attached hydrogens (tertiary/aromatic N) is 3. The average molecular weight is 454 g/mol. The molecule has 0 saturated carbocycles. The van der Waals surface area contributed by atoms with Gasteiger partial charge in [-0.1, -0.05) is 0 Å². The Morgan fingerprint density at radius 2 is 2.09 bits per heavy atom. The van der Waals surface area contributed by atoms with Crippen molar-refractivity contribution in [2.45, 2.75) is 19.8 Å². The van der Waals surface area contributed by atoms with Gasteiger partial charge in [-0.15, -0.1) is 24.0 Å². The number of guanidine groups is 1. The van der Waals surface area contributed by atoms with Crippen molar-refractivity contribution < 1.29 is 4.74 Å². The Balaban J connectivity index is 0.00000192. The van der Waals surface area contributed by atoms with Crippen molar-refractivity contribution in [1.82, 2.24) is 15.1 Å². The van der Waals surface area contributed by atoms with Crippen LogP contribution >= 0.6 is 35.7 Å². The van der Waals surface area contributed by atoms with Crippen molar-refractivity contribution >= 4 is 41.7 Å². The second-order valence-electron chi connectivity index (χ2n) is 6.66. The monoisotopic (exact) mass is 454 g/mol. The van der Waals surface area contributed by atoms with Gasteiger partial charge in [-0.2, -0.15) is 11.8 Å². The molecular weight excluding hydrogens is 423 g/mol. The van der Waals surface area contributed by atoms with Crippen LogP contribution in [0.1, 0.15) is 19.8 Å². The van der Waals surface area contributed by atoms with Crippen LogP contribution in [0.25, 0.3) is 0 Å². The Bertz CT molecular complexity index is 384. The Morgan fingerprint density at radius 1 is 1.26 bits per heavy atom. The highest BCUT2D eigenvalue weighted by atomic mass is 127. The third-order valence-electron chi connectivity index (χ3n) is 5.04. The highest BCUT2D eigenvalue weighted by Crippen LogP contribution is 2.38. The van der Waals surface area contributed by atoms with E-state index in [9.17, 15) is 0 Å². The molecule has 3 saturated heterocycles. The van der Waals surface area contributed by atoms with Gasteiger partial charge in [0.2, 0.25) is 0 Å². The Labute approximate surface area is 162 Å². The van der Waals surface area contributed by atoms with Gasteiger partial charge in [0.05, 0.1) is 13.2 Å². The molecule has 1 N–H and O–H groups in total. The van der Waals surface area contributed by atoms with E-state index >= 15 is 0 Å². The SMILES string of the molecule is CCNC(=NCCN1CCSCC1)N1CCC2(CCOC2)C1.I. The molecule has 0 aromatic rings. The van der Waals surface area contributed by atoms with E-state index in [1.54, 1.807) is 0 Å². The maximum Gasteiger partial charge on any atom is 0.193 e. The van der Waals surface area contributed by atoms with Gasteiger partial charge in [-0.05, 0) is 19.8 Å². The van der Waals surface area contributed by atoms with Crippen LogP contribution in [0.2, 0.25) is 0 Å². The van der Waals surface area contributed by atoms with Crippen molar-refractivity contribution in [2.75, 3.05) is 70.5 Å². The molecule has 0 radical (unpaired) electrons. The van der Waals surface area contributed by atoms with Crippen LogP contribution in [0.4, 0.5) is 0 Å². The molecule has 0 aromatic heterocycles. The number of hydrogen-bond acceptors (Lipinski definition) is 4. The average Bonchev–Trinajstić information content (AvgIpc) is 3.18. The lowest BCUT2D eigenvalue weighted by atomic mass is 9.87. The molecule has 1 unspecified atom stereocenters. The van der Waals surface area contributed by atoms with Crippen LogP contribution in [0, 0.1) is 5.41 Å². The van der Waals surface area contributed by atoms with E-state index in [-0.39, 0.29) is 24.0 Å². The number of halogens is 1. The first-order valence-corrected chi connectivity index (χ1v) is 9.88. The molecular formula is C16H31IN4OS. The van der Waals surface area contributed by atoms with Crippen molar-refractivity contribution in [3.05, 3.63) is 0 Å². The van der Waals surface area contributed by atoms with Gasteiger partial charge in [0.15, 0.2) is 5.96 Å². The predicted octanol–water partition coefficient (Wildman–Crippen LogP) is 1.73. The van der Waals surface area contributed by atoms with Gasteiger partial charge >= 0.3 is 0 Å². The summed E-state index contributed by atoms with van der Waals surface area (Å²) < 4.78 is 5.64. The van der Waals surface area contributed by atoms with E-state index < -0.39 is 0 Å². The summed E-state index contributed by atoms with van der Waals surface area (Å²) >= 11 is 2.07. The van der Waals surface area contributed by atoms with Gasteiger partial charge in [-0.25, -0.2) is 0 Å². The summed E-state index contributed by atoms with van der Waals surface area (Å²) in [5, 5.41) is 3.48. The van der Waals surface area contributed by atoms with Gasteiger partial charge < -0.3 is 15.0 Å². The molecule has 134 valence electrons. The van der Waals surface area contributed by atoms with Crippen LogP contribution in [-0.2, 0) is 4.74 Å². The molecule has 1 atom stereocenters. The summed E-state index contributed by atoms with van der Waals surface area (Å²) in [6, 6.07) is 0. The molecule has 3 aliphatic heterocycles. The maximum atomic E-state index is 5.64. The number of nitrogens with one attached hydrogen (secondary N) is 1. The minimum atomic E-state index is 0. The molecule has 0 bridgehead atoms. The Kier molecular flexibility index (Phi) is 8.24. The standard InChI is InChI=1S/C16H30N4OS.HI/c1-2-17-15(18-5-7-19-8-11-22-12-9-19)20-6-3-16(13-20)4-10-21-14-16;/h2-14H2,1H3,(H,17,18);1H. The van der Waals surface area contributed by atoms with Crippen molar-refractivity contribution in [1.29, 1.82) is 0 Å². The molecule has 7 heteroatoms. The van der Waals surface area contributed by atoms with Crippen molar-refractivity contribution in [3.8, 4) is 0 Å². The highest BCUT2D eigenvalue weighted by Gasteiger charge is 2.42. The minimum Gasteiger partial charge on any atom is -0.381 e. The lowest BCUT2D eigenvalue weighted by molar-refractivity contribution is 0.156. The molecule has 0 aliphatic carbocycles. The van der Waals surface area contributed by atoms with Gasteiger partial charge in [0, 0.05) is 62.8 Å². The smallest absolute Gasteiger partial charge is 0.193 e. The predicted molar refractivity (Wildman–Crippen MR) is 109 cm³/mol. The fourth-order valence-corrected chi connectivity index (χ4v) is 4.61.